The number of piperidine rings is 3. The Bertz CT molecular complexity index is 762. The van der Waals surface area contributed by atoms with Gasteiger partial charge in [-0.05, 0) is 49.9 Å². The zero-order valence-corrected chi connectivity index (χ0v) is 17.7. The zero-order valence-electron chi connectivity index (χ0n) is 17.7. The van der Waals surface area contributed by atoms with Crippen LogP contribution >= 0.6 is 0 Å². The van der Waals surface area contributed by atoms with Crippen molar-refractivity contribution in [1.82, 2.24) is 14.9 Å². The Kier molecular flexibility index (Phi) is 7.10. The normalized spacial score (nSPS) is 27.9. The molecule has 8 nitrogen and oxygen atoms in total. The van der Waals surface area contributed by atoms with Gasteiger partial charge in [-0.2, -0.15) is 4.98 Å². The molecule has 0 aliphatic carbocycles. The minimum absolute atomic E-state index is 0.0958. The van der Waals surface area contributed by atoms with Gasteiger partial charge in [0.05, 0.1) is 6.20 Å². The number of carboxylic acid groups (broad SMARTS) is 1. The lowest BCUT2D eigenvalue weighted by Gasteiger charge is -2.56. The summed E-state index contributed by atoms with van der Waals surface area (Å²) in [5, 5.41) is 6.89. The van der Waals surface area contributed by atoms with Crippen LogP contribution in [0.25, 0.3) is 0 Å². The monoisotopic (exact) mass is 421 g/mol. The number of rotatable bonds is 4. The number of carbonyl (C=O) groups excluding carboxylic acids is 1. The molecule has 1 aromatic rings. The van der Waals surface area contributed by atoms with E-state index in [0.29, 0.717) is 48.1 Å². The van der Waals surface area contributed by atoms with E-state index in [4.69, 9.17) is 15.6 Å². The number of hydrogen-bond acceptors (Lipinski definition) is 6. The van der Waals surface area contributed by atoms with E-state index < -0.39 is 5.82 Å². The first-order chi connectivity index (χ1) is 14.3. The highest BCUT2D eigenvalue weighted by atomic mass is 19.1. The third-order valence-corrected chi connectivity index (χ3v) is 6.58. The molecular weight excluding hydrogens is 389 g/mol. The highest BCUT2D eigenvalue weighted by Gasteiger charge is 2.49. The van der Waals surface area contributed by atoms with Gasteiger partial charge in [0.15, 0.2) is 11.6 Å². The highest BCUT2D eigenvalue weighted by Crippen LogP contribution is 2.43. The van der Waals surface area contributed by atoms with Crippen molar-refractivity contribution < 1.29 is 19.1 Å². The molecule has 4 atom stereocenters. The van der Waals surface area contributed by atoms with E-state index in [2.05, 4.69) is 33.6 Å². The van der Waals surface area contributed by atoms with Gasteiger partial charge >= 0.3 is 0 Å². The number of anilines is 2. The maximum absolute atomic E-state index is 13.5. The molecule has 3 N–H and O–H groups in total. The molecule has 4 heterocycles. The first-order valence-corrected chi connectivity index (χ1v) is 10.8. The second-order valence-electron chi connectivity index (χ2n) is 8.97. The summed E-state index contributed by atoms with van der Waals surface area (Å²) < 4.78 is 13.5. The number of nitrogens with two attached hydrogens (primary N) is 1. The topological polar surface area (TPSA) is 113 Å². The van der Waals surface area contributed by atoms with Crippen molar-refractivity contribution in [3.05, 3.63) is 12.0 Å². The van der Waals surface area contributed by atoms with Gasteiger partial charge < -0.3 is 20.6 Å². The Morgan fingerprint density at radius 3 is 2.73 bits per heavy atom. The molecule has 3 saturated heterocycles. The largest absolute Gasteiger partial charge is 0.483 e. The number of halogens is 1. The molecule has 0 spiro atoms. The Morgan fingerprint density at radius 2 is 2.07 bits per heavy atom. The average Bonchev–Trinajstić information content (AvgIpc) is 2.70. The van der Waals surface area contributed by atoms with Crippen LogP contribution in [0.2, 0.25) is 0 Å². The maximum atomic E-state index is 13.5. The first kappa shape index (κ1) is 22.2. The fourth-order valence-electron chi connectivity index (χ4n) is 5.34. The molecule has 1 aromatic heterocycles. The average molecular weight is 422 g/mol. The lowest BCUT2D eigenvalue weighted by atomic mass is 9.71. The third kappa shape index (κ3) is 4.65. The summed E-state index contributed by atoms with van der Waals surface area (Å²) in [5.41, 5.74) is 5.67. The predicted octanol–water partition coefficient (Wildman–Crippen LogP) is 2.54. The molecule has 0 radical (unpaired) electrons. The molecular formula is C21H32FN5O3. The summed E-state index contributed by atoms with van der Waals surface area (Å²) in [7, 11) is 0. The van der Waals surface area contributed by atoms with Gasteiger partial charge in [0.1, 0.15) is 0 Å². The van der Waals surface area contributed by atoms with Gasteiger partial charge in [0.2, 0.25) is 11.9 Å². The summed E-state index contributed by atoms with van der Waals surface area (Å²) in [6.07, 6.45) is 7.26. The molecule has 3 aliphatic rings. The molecule has 166 valence electrons. The Balaban J connectivity index is 0.000000806. The van der Waals surface area contributed by atoms with Gasteiger partial charge in [-0.25, -0.2) is 9.37 Å². The van der Waals surface area contributed by atoms with Crippen LogP contribution in [0, 0.1) is 23.6 Å². The van der Waals surface area contributed by atoms with Crippen LogP contribution in [0.5, 0.6) is 0 Å². The van der Waals surface area contributed by atoms with E-state index in [0.717, 1.165) is 51.4 Å². The van der Waals surface area contributed by atoms with Crippen LogP contribution in [0.15, 0.2) is 6.20 Å². The quantitative estimate of drug-likeness (QED) is 0.718. The fraction of sp³-hybridized carbons (Fsp3) is 0.714. The van der Waals surface area contributed by atoms with E-state index in [1.54, 1.807) is 0 Å². The molecule has 9 heteroatoms. The van der Waals surface area contributed by atoms with Crippen molar-refractivity contribution >= 4 is 24.1 Å². The number of nitrogen functional groups attached to an aromatic ring is 1. The highest BCUT2D eigenvalue weighted by molar-refractivity contribution is 5.78. The number of amides is 1. The number of hydrogen-bond donors (Lipinski definition) is 2. The van der Waals surface area contributed by atoms with Crippen LogP contribution in [-0.4, -0.2) is 57.5 Å². The summed E-state index contributed by atoms with van der Waals surface area (Å²) in [5.74, 6) is 1.65. The minimum atomic E-state index is -0.574. The van der Waals surface area contributed by atoms with Crippen LogP contribution in [0.3, 0.4) is 0 Å². The third-order valence-electron chi connectivity index (χ3n) is 6.58. The summed E-state index contributed by atoms with van der Waals surface area (Å²) >= 11 is 0. The molecule has 0 saturated carbocycles. The minimum Gasteiger partial charge on any atom is -0.483 e. The van der Waals surface area contributed by atoms with Gasteiger partial charge in [-0.15, -0.1) is 0 Å². The van der Waals surface area contributed by atoms with Crippen molar-refractivity contribution in [1.29, 1.82) is 0 Å². The van der Waals surface area contributed by atoms with Gasteiger partial charge in [0.25, 0.3) is 6.47 Å². The van der Waals surface area contributed by atoms with Crippen molar-refractivity contribution in [3.8, 4) is 0 Å². The van der Waals surface area contributed by atoms with Gasteiger partial charge in [-0.1, -0.05) is 13.8 Å². The number of fused-ring (bicyclic) bond motifs is 4. The van der Waals surface area contributed by atoms with Crippen LogP contribution in [0.4, 0.5) is 16.2 Å². The van der Waals surface area contributed by atoms with E-state index in [1.807, 2.05) is 0 Å². The maximum Gasteiger partial charge on any atom is 0.290 e. The van der Waals surface area contributed by atoms with Crippen molar-refractivity contribution in [2.75, 3.05) is 23.7 Å². The lowest BCUT2D eigenvalue weighted by molar-refractivity contribution is -0.149. The molecule has 3 aliphatic heterocycles. The Morgan fingerprint density at radius 1 is 1.37 bits per heavy atom. The molecule has 2 bridgehead atoms. The van der Waals surface area contributed by atoms with Gasteiger partial charge in [-0.3, -0.25) is 9.59 Å². The first-order valence-electron chi connectivity index (χ1n) is 10.8. The van der Waals surface area contributed by atoms with E-state index in [9.17, 15) is 9.18 Å². The number of carbonyl (C=O) groups is 2. The van der Waals surface area contributed by atoms with Crippen LogP contribution < -0.4 is 10.6 Å². The molecule has 30 heavy (non-hydrogen) atoms. The second-order valence-corrected chi connectivity index (χ2v) is 8.97. The van der Waals surface area contributed by atoms with Gasteiger partial charge in [0, 0.05) is 31.6 Å². The summed E-state index contributed by atoms with van der Waals surface area (Å²) in [6, 6.07) is 0.613. The second kappa shape index (κ2) is 9.57. The van der Waals surface area contributed by atoms with E-state index in [-0.39, 0.29) is 12.3 Å². The zero-order chi connectivity index (χ0) is 21.8. The molecule has 0 aromatic carbocycles. The Hall–Kier alpha value is -2.45. The van der Waals surface area contributed by atoms with Crippen LogP contribution in [0.1, 0.15) is 52.4 Å². The SMILES string of the molecule is CC(C)CC[C@H]1[C@H]2C[C@H](CN(c3ncc(F)c(N)n3)C2)[C@@H]2CCCC(=O)N21.O=CO. The Labute approximate surface area is 176 Å². The van der Waals surface area contributed by atoms with Crippen molar-refractivity contribution in [2.24, 2.45) is 17.8 Å². The van der Waals surface area contributed by atoms with E-state index in [1.165, 1.54) is 0 Å². The standard InChI is InChI=1S/C20H30FN5O.CH2O2/c1-12(2)6-7-17-14-8-13(16-4-3-5-18(27)26(16)17)10-25(11-14)20-23-9-15(21)19(22)24-20;2-1-3/h9,12-14,16-17H,3-8,10-11H2,1-2H3,(H2,22,23,24);1H,(H,2,3)/t13-,14+,16+,17+;/m1./s1. The summed E-state index contributed by atoms with van der Waals surface area (Å²) in [6.45, 7) is 5.85. The fourth-order valence-corrected chi connectivity index (χ4v) is 5.34. The molecule has 3 fully saturated rings. The van der Waals surface area contributed by atoms with Crippen molar-refractivity contribution in [2.45, 2.75) is 64.5 Å². The van der Waals surface area contributed by atoms with Crippen LogP contribution in [-0.2, 0) is 9.59 Å². The lowest BCUT2D eigenvalue weighted by Crippen LogP contribution is -2.65. The molecule has 1 amide bonds. The number of nitrogens with zero attached hydrogens (tertiary/aromatic N) is 4. The van der Waals surface area contributed by atoms with E-state index >= 15 is 0 Å². The van der Waals surface area contributed by atoms with Crippen molar-refractivity contribution in [3.63, 3.8) is 0 Å². The smallest absolute Gasteiger partial charge is 0.290 e. The predicted molar refractivity (Wildman–Crippen MR) is 111 cm³/mol. The number of aromatic nitrogens is 2. The summed E-state index contributed by atoms with van der Waals surface area (Å²) in [4.78, 5) is 33.9. The molecule has 0 unspecified atom stereocenters. The molecule has 4 rings (SSSR count).